The highest BCUT2D eigenvalue weighted by Gasteiger charge is 1.80. The minimum atomic E-state index is 0.646. The molecule has 0 radical (unpaired) electrons. The van der Waals surface area contributed by atoms with Crippen LogP contribution >= 0.6 is 0 Å². The zero-order chi connectivity index (χ0) is 7.11. The lowest BCUT2D eigenvalue weighted by Gasteiger charge is -1.81. The normalized spacial score (nSPS) is 11.9. The smallest absolute Gasteiger partial charge is 0.150 e. The summed E-state index contributed by atoms with van der Waals surface area (Å²) >= 11 is 0. The molecule has 0 aromatic heterocycles. The van der Waals surface area contributed by atoms with E-state index in [9.17, 15) is 4.79 Å². The Balaban J connectivity index is 4.13. The van der Waals surface area contributed by atoms with Crippen LogP contribution in [0.4, 0.5) is 0 Å². The van der Waals surface area contributed by atoms with Gasteiger partial charge in [-0.3, -0.25) is 4.79 Å². The molecule has 0 spiro atoms. The van der Waals surface area contributed by atoms with Gasteiger partial charge in [0, 0.05) is 5.57 Å². The number of allylic oxidation sites excluding steroid dienone is 5. The van der Waals surface area contributed by atoms with Crippen molar-refractivity contribution in [2.75, 3.05) is 0 Å². The summed E-state index contributed by atoms with van der Waals surface area (Å²) in [4.78, 5) is 10.1. The second-order valence-electron chi connectivity index (χ2n) is 1.52. The van der Waals surface area contributed by atoms with Crippen LogP contribution in [0.15, 0.2) is 36.5 Å². The third-order valence-corrected chi connectivity index (χ3v) is 0.806. The van der Waals surface area contributed by atoms with Crippen molar-refractivity contribution in [3.63, 3.8) is 0 Å². The molecule has 0 aliphatic carbocycles. The van der Waals surface area contributed by atoms with Crippen molar-refractivity contribution in [2.24, 2.45) is 0 Å². The Morgan fingerprint density at radius 1 is 1.56 bits per heavy atom. The SMILES string of the molecule is C=CC=C(C=O)C=CC. The van der Waals surface area contributed by atoms with Crippen molar-refractivity contribution in [3.05, 3.63) is 36.5 Å². The third kappa shape index (κ3) is 3.47. The van der Waals surface area contributed by atoms with Gasteiger partial charge in [0.25, 0.3) is 0 Å². The standard InChI is InChI=1S/C8H10O/c1-3-5-8(7-9)6-4-2/h3-7H,1H2,2H3. The Morgan fingerprint density at radius 2 is 2.22 bits per heavy atom. The molecule has 0 saturated carbocycles. The molecule has 48 valence electrons. The molecule has 0 amide bonds. The van der Waals surface area contributed by atoms with Gasteiger partial charge in [0.2, 0.25) is 0 Å². The molecular weight excluding hydrogens is 112 g/mol. The van der Waals surface area contributed by atoms with E-state index in [0.29, 0.717) is 5.57 Å². The molecule has 0 aliphatic rings. The summed E-state index contributed by atoms with van der Waals surface area (Å²) in [6, 6.07) is 0. The van der Waals surface area contributed by atoms with Crippen molar-refractivity contribution < 1.29 is 4.79 Å². The zero-order valence-corrected chi connectivity index (χ0v) is 5.50. The van der Waals surface area contributed by atoms with Crippen molar-refractivity contribution in [1.82, 2.24) is 0 Å². The molecule has 0 heterocycles. The first-order valence-corrected chi connectivity index (χ1v) is 2.75. The number of hydrogen-bond acceptors (Lipinski definition) is 1. The molecule has 0 atom stereocenters. The van der Waals surface area contributed by atoms with Crippen molar-refractivity contribution in [3.8, 4) is 0 Å². The molecule has 0 saturated heterocycles. The van der Waals surface area contributed by atoms with Gasteiger partial charge in [-0.1, -0.05) is 30.9 Å². The van der Waals surface area contributed by atoms with Crippen molar-refractivity contribution >= 4 is 6.29 Å². The number of carbonyl (C=O) groups is 1. The van der Waals surface area contributed by atoms with E-state index in [0.717, 1.165) is 6.29 Å². The van der Waals surface area contributed by atoms with Gasteiger partial charge >= 0.3 is 0 Å². The molecule has 0 N–H and O–H groups in total. The van der Waals surface area contributed by atoms with Gasteiger partial charge in [-0.15, -0.1) is 0 Å². The van der Waals surface area contributed by atoms with Gasteiger partial charge in [0.1, 0.15) is 6.29 Å². The van der Waals surface area contributed by atoms with Crippen LogP contribution in [-0.4, -0.2) is 6.29 Å². The Bertz CT molecular complexity index is 152. The minimum Gasteiger partial charge on any atom is -0.298 e. The molecule has 1 heteroatoms. The zero-order valence-electron chi connectivity index (χ0n) is 5.50. The van der Waals surface area contributed by atoms with Crippen LogP contribution < -0.4 is 0 Å². The predicted molar refractivity (Wildman–Crippen MR) is 39.2 cm³/mol. The molecule has 1 nitrogen and oxygen atoms in total. The molecule has 0 aliphatic heterocycles. The summed E-state index contributed by atoms with van der Waals surface area (Å²) in [5.41, 5.74) is 0.646. The molecule has 0 rings (SSSR count). The largest absolute Gasteiger partial charge is 0.298 e. The fourth-order valence-corrected chi connectivity index (χ4v) is 0.463. The maximum absolute atomic E-state index is 10.1. The summed E-state index contributed by atoms with van der Waals surface area (Å²) in [5.74, 6) is 0. The number of rotatable bonds is 3. The quantitative estimate of drug-likeness (QED) is 0.317. The van der Waals surface area contributed by atoms with E-state index in [4.69, 9.17) is 0 Å². The van der Waals surface area contributed by atoms with Gasteiger partial charge in [-0.2, -0.15) is 0 Å². The molecular formula is C8H10O. The van der Waals surface area contributed by atoms with Crippen molar-refractivity contribution in [1.29, 1.82) is 0 Å². The summed E-state index contributed by atoms with van der Waals surface area (Å²) < 4.78 is 0. The summed E-state index contributed by atoms with van der Waals surface area (Å²) in [7, 11) is 0. The Labute approximate surface area is 55.4 Å². The topological polar surface area (TPSA) is 17.1 Å². The van der Waals surface area contributed by atoms with E-state index >= 15 is 0 Å². The second kappa shape index (κ2) is 5.04. The average Bonchev–Trinajstić information content (AvgIpc) is 1.88. The average molecular weight is 122 g/mol. The van der Waals surface area contributed by atoms with Crippen LogP contribution in [0.25, 0.3) is 0 Å². The Hall–Kier alpha value is -1.11. The van der Waals surface area contributed by atoms with Crippen LogP contribution in [0.3, 0.4) is 0 Å². The molecule has 0 aromatic rings. The lowest BCUT2D eigenvalue weighted by atomic mass is 10.2. The molecule has 9 heavy (non-hydrogen) atoms. The highest BCUT2D eigenvalue weighted by molar-refractivity contribution is 5.77. The Morgan fingerprint density at radius 3 is 2.56 bits per heavy atom. The monoisotopic (exact) mass is 122 g/mol. The van der Waals surface area contributed by atoms with E-state index in [1.807, 2.05) is 13.0 Å². The Kier molecular flexibility index (Phi) is 4.41. The molecule has 0 fully saturated rings. The first-order valence-electron chi connectivity index (χ1n) is 2.75. The first kappa shape index (κ1) is 7.89. The van der Waals surface area contributed by atoms with E-state index in [1.165, 1.54) is 0 Å². The summed E-state index contributed by atoms with van der Waals surface area (Å²) in [5, 5.41) is 0. The maximum Gasteiger partial charge on any atom is 0.150 e. The maximum atomic E-state index is 10.1. The van der Waals surface area contributed by atoms with E-state index in [2.05, 4.69) is 6.58 Å². The van der Waals surface area contributed by atoms with E-state index in [1.54, 1.807) is 18.2 Å². The lowest BCUT2D eigenvalue weighted by molar-refractivity contribution is -0.104. The van der Waals surface area contributed by atoms with Gasteiger partial charge in [-0.25, -0.2) is 0 Å². The highest BCUT2D eigenvalue weighted by Crippen LogP contribution is 1.90. The van der Waals surface area contributed by atoms with E-state index < -0.39 is 0 Å². The fourth-order valence-electron chi connectivity index (χ4n) is 0.463. The van der Waals surface area contributed by atoms with Crippen molar-refractivity contribution in [2.45, 2.75) is 6.92 Å². The third-order valence-electron chi connectivity index (χ3n) is 0.806. The number of hydrogen-bond donors (Lipinski definition) is 0. The fraction of sp³-hybridized carbons (Fsp3) is 0.125. The van der Waals surface area contributed by atoms with Gasteiger partial charge in [0.15, 0.2) is 0 Å². The predicted octanol–water partition coefficient (Wildman–Crippen LogP) is 1.87. The van der Waals surface area contributed by atoms with E-state index in [-0.39, 0.29) is 0 Å². The minimum absolute atomic E-state index is 0.646. The lowest BCUT2D eigenvalue weighted by Crippen LogP contribution is -1.75. The van der Waals surface area contributed by atoms with Crippen LogP contribution in [0.2, 0.25) is 0 Å². The van der Waals surface area contributed by atoms with Crippen LogP contribution in [0.1, 0.15) is 6.92 Å². The summed E-state index contributed by atoms with van der Waals surface area (Å²) in [6.45, 7) is 5.32. The number of carbonyl (C=O) groups excluding carboxylic acids is 1. The number of aldehydes is 1. The van der Waals surface area contributed by atoms with Gasteiger partial charge < -0.3 is 0 Å². The molecule has 0 unspecified atom stereocenters. The second-order valence-corrected chi connectivity index (χ2v) is 1.52. The summed E-state index contributed by atoms with van der Waals surface area (Å²) in [6.07, 6.45) is 7.58. The van der Waals surface area contributed by atoms with Crippen LogP contribution in [-0.2, 0) is 4.79 Å². The van der Waals surface area contributed by atoms with Crippen LogP contribution in [0.5, 0.6) is 0 Å². The highest BCUT2D eigenvalue weighted by atomic mass is 16.1. The first-order chi connectivity index (χ1) is 4.35. The van der Waals surface area contributed by atoms with Gasteiger partial charge in [-0.05, 0) is 6.92 Å². The molecule has 0 aromatic carbocycles. The molecule has 0 bridgehead atoms. The van der Waals surface area contributed by atoms with Crippen LogP contribution in [0, 0.1) is 0 Å². The van der Waals surface area contributed by atoms with Gasteiger partial charge in [0.05, 0.1) is 0 Å².